The second kappa shape index (κ2) is 8.11. The van der Waals surface area contributed by atoms with Crippen molar-refractivity contribution in [2.45, 2.75) is 32.9 Å². The van der Waals surface area contributed by atoms with E-state index in [1.807, 2.05) is 0 Å². The lowest BCUT2D eigenvalue weighted by molar-refractivity contribution is -0.117. The number of carbonyl (C=O) groups excluding carboxylic acids is 1. The van der Waals surface area contributed by atoms with E-state index in [0.29, 0.717) is 16.3 Å². The fourth-order valence-electron chi connectivity index (χ4n) is 2.11. The Hall–Kier alpha value is -2.72. The highest BCUT2D eigenvalue weighted by molar-refractivity contribution is 5.92. The standard InChI is InChI=1S/C15H13F6N3O2/c1-7-2-3-8(11(4-7)26-15(20)21)22-12(25)6-24-10(14(18)19)5-9(23-24)13(16)17/h2-5,13-15H,6H2,1H3,(H,22,25). The molecule has 142 valence electrons. The molecule has 5 nitrogen and oxygen atoms in total. The summed E-state index contributed by atoms with van der Waals surface area (Å²) in [6.07, 6.45) is -6.21. The molecule has 1 aromatic heterocycles. The van der Waals surface area contributed by atoms with Gasteiger partial charge in [0.1, 0.15) is 23.7 Å². The molecular weight excluding hydrogens is 368 g/mol. The maximum absolute atomic E-state index is 12.9. The molecule has 11 heteroatoms. The largest absolute Gasteiger partial charge is 0.433 e. The summed E-state index contributed by atoms with van der Waals surface area (Å²) in [5.41, 5.74) is -1.30. The predicted molar refractivity (Wildman–Crippen MR) is 78.6 cm³/mol. The Morgan fingerprint density at radius 3 is 2.42 bits per heavy atom. The number of hydrogen-bond acceptors (Lipinski definition) is 3. The molecular formula is C15H13F6N3O2. The Morgan fingerprint density at radius 2 is 1.85 bits per heavy atom. The summed E-state index contributed by atoms with van der Waals surface area (Å²) in [6, 6.07) is 4.53. The third-order valence-corrected chi connectivity index (χ3v) is 3.20. The van der Waals surface area contributed by atoms with Crippen LogP contribution >= 0.6 is 0 Å². The fraction of sp³-hybridized carbons (Fsp3) is 0.333. The van der Waals surface area contributed by atoms with Gasteiger partial charge in [-0.15, -0.1) is 0 Å². The summed E-state index contributed by atoms with van der Waals surface area (Å²) < 4.78 is 80.6. The van der Waals surface area contributed by atoms with Crippen LogP contribution in [0.15, 0.2) is 24.3 Å². The molecule has 1 amide bonds. The Bertz CT molecular complexity index is 779. The zero-order valence-electron chi connectivity index (χ0n) is 13.2. The third kappa shape index (κ3) is 4.90. The molecule has 0 radical (unpaired) electrons. The van der Waals surface area contributed by atoms with Crippen LogP contribution in [-0.2, 0) is 11.3 Å². The summed E-state index contributed by atoms with van der Waals surface area (Å²) in [4.78, 5) is 12.0. The minimum atomic E-state index is -3.14. The highest BCUT2D eigenvalue weighted by atomic mass is 19.3. The van der Waals surface area contributed by atoms with Crippen LogP contribution < -0.4 is 10.1 Å². The zero-order chi connectivity index (χ0) is 19.4. The first-order valence-electron chi connectivity index (χ1n) is 7.16. The van der Waals surface area contributed by atoms with Crippen molar-refractivity contribution in [1.29, 1.82) is 0 Å². The van der Waals surface area contributed by atoms with E-state index in [1.54, 1.807) is 6.92 Å². The number of hydrogen-bond donors (Lipinski definition) is 1. The van der Waals surface area contributed by atoms with Gasteiger partial charge in [-0.1, -0.05) is 6.07 Å². The van der Waals surface area contributed by atoms with Gasteiger partial charge in [0.2, 0.25) is 5.91 Å². The number of nitrogens with one attached hydrogen (secondary N) is 1. The van der Waals surface area contributed by atoms with Crippen LogP contribution in [0, 0.1) is 6.92 Å². The molecule has 0 spiro atoms. The molecule has 1 aromatic carbocycles. The lowest BCUT2D eigenvalue weighted by Gasteiger charge is -2.13. The van der Waals surface area contributed by atoms with E-state index in [4.69, 9.17) is 0 Å². The minimum Gasteiger partial charge on any atom is -0.433 e. The smallest absolute Gasteiger partial charge is 0.387 e. The summed E-state index contributed by atoms with van der Waals surface area (Å²) in [7, 11) is 0. The molecule has 0 saturated carbocycles. The second-order valence-corrected chi connectivity index (χ2v) is 5.18. The quantitative estimate of drug-likeness (QED) is 0.728. The van der Waals surface area contributed by atoms with E-state index in [2.05, 4.69) is 15.2 Å². The number of nitrogens with zero attached hydrogens (tertiary/aromatic N) is 2. The molecule has 0 atom stereocenters. The molecule has 0 aliphatic carbocycles. The molecule has 0 bridgehead atoms. The van der Waals surface area contributed by atoms with Crippen molar-refractivity contribution in [3.05, 3.63) is 41.2 Å². The van der Waals surface area contributed by atoms with Crippen molar-refractivity contribution >= 4 is 11.6 Å². The summed E-state index contributed by atoms with van der Waals surface area (Å²) >= 11 is 0. The van der Waals surface area contributed by atoms with Gasteiger partial charge in [-0.2, -0.15) is 13.9 Å². The highest BCUT2D eigenvalue weighted by Crippen LogP contribution is 2.28. The number of benzene rings is 1. The van der Waals surface area contributed by atoms with Crippen LogP contribution in [0.5, 0.6) is 5.75 Å². The van der Waals surface area contributed by atoms with Gasteiger partial charge in [-0.3, -0.25) is 9.48 Å². The Labute approximate surface area is 143 Å². The predicted octanol–water partition coefficient (Wildman–Crippen LogP) is 4.31. The average Bonchev–Trinajstić information content (AvgIpc) is 2.93. The van der Waals surface area contributed by atoms with Gasteiger partial charge < -0.3 is 10.1 Å². The Kier molecular flexibility index (Phi) is 6.11. The summed E-state index contributed by atoms with van der Waals surface area (Å²) in [5.74, 6) is -1.25. The molecule has 2 rings (SSSR count). The SMILES string of the molecule is Cc1ccc(NC(=O)Cn2nc(C(F)F)cc2C(F)F)c(OC(F)F)c1. The average molecular weight is 381 g/mol. The first-order chi connectivity index (χ1) is 12.2. The third-order valence-electron chi connectivity index (χ3n) is 3.20. The van der Waals surface area contributed by atoms with E-state index in [9.17, 15) is 31.1 Å². The van der Waals surface area contributed by atoms with Crippen molar-refractivity contribution < 1.29 is 35.9 Å². The number of aromatic nitrogens is 2. The molecule has 1 heterocycles. The summed E-state index contributed by atoms with van der Waals surface area (Å²) in [6.45, 7) is -2.35. The maximum Gasteiger partial charge on any atom is 0.387 e. The first kappa shape index (κ1) is 19.6. The van der Waals surface area contributed by atoms with Crippen molar-refractivity contribution in [2.24, 2.45) is 0 Å². The van der Waals surface area contributed by atoms with E-state index in [1.165, 1.54) is 18.2 Å². The minimum absolute atomic E-state index is 0.124. The molecule has 2 aromatic rings. The molecule has 0 unspecified atom stereocenters. The number of aryl methyl sites for hydroxylation is 1. The summed E-state index contributed by atoms with van der Waals surface area (Å²) in [5, 5.41) is 5.48. The van der Waals surface area contributed by atoms with Gasteiger partial charge in [0, 0.05) is 0 Å². The number of alkyl halides is 6. The fourth-order valence-corrected chi connectivity index (χ4v) is 2.11. The van der Waals surface area contributed by atoms with Crippen molar-refractivity contribution in [3.8, 4) is 5.75 Å². The van der Waals surface area contributed by atoms with E-state index < -0.39 is 43.3 Å². The monoisotopic (exact) mass is 381 g/mol. The molecule has 0 aliphatic heterocycles. The van der Waals surface area contributed by atoms with Crippen LogP contribution in [0.3, 0.4) is 0 Å². The number of ether oxygens (including phenoxy) is 1. The molecule has 0 saturated heterocycles. The van der Waals surface area contributed by atoms with Crippen LogP contribution in [-0.4, -0.2) is 22.3 Å². The van der Waals surface area contributed by atoms with Gasteiger partial charge in [0.15, 0.2) is 0 Å². The number of halogens is 6. The molecule has 26 heavy (non-hydrogen) atoms. The van der Waals surface area contributed by atoms with Crippen molar-refractivity contribution in [2.75, 3.05) is 5.32 Å². The topological polar surface area (TPSA) is 56.2 Å². The maximum atomic E-state index is 12.9. The second-order valence-electron chi connectivity index (χ2n) is 5.18. The van der Waals surface area contributed by atoms with E-state index in [0.717, 1.165) is 0 Å². The molecule has 0 aliphatic rings. The van der Waals surface area contributed by atoms with Crippen molar-refractivity contribution in [1.82, 2.24) is 9.78 Å². The van der Waals surface area contributed by atoms with E-state index in [-0.39, 0.29) is 11.4 Å². The van der Waals surface area contributed by atoms with Gasteiger partial charge in [-0.25, -0.2) is 17.6 Å². The number of anilines is 1. The van der Waals surface area contributed by atoms with Crippen LogP contribution in [0.25, 0.3) is 0 Å². The van der Waals surface area contributed by atoms with E-state index >= 15 is 0 Å². The van der Waals surface area contributed by atoms with Gasteiger partial charge in [0.25, 0.3) is 12.9 Å². The Morgan fingerprint density at radius 1 is 1.15 bits per heavy atom. The molecule has 1 N–H and O–H groups in total. The van der Waals surface area contributed by atoms with Gasteiger partial charge >= 0.3 is 6.61 Å². The Balaban J connectivity index is 2.19. The first-order valence-corrected chi connectivity index (χ1v) is 7.16. The van der Waals surface area contributed by atoms with Crippen molar-refractivity contribution in [3.63, 3.8) is 0 Å². The number of amides is 1. The van der Waals surface area contributed by atoms with Gasteiger partial charge in [0.05, 0.1) is 5.69 Å². The van der Waals surface area contributed by atoms with Crippen LogP contribution in [0.4, 0.5) is 32.0 Å². The lowest BCUT2D eigenvalue weighted by atomic mass is 10.2. The molecule has 0 fully saturated rings. The van der Waals surface area contributed by atoms with Crippen LogP contribution in [0.1, 0.15) is 29.8 Å². The lowest BCUT2D eigenvalue weighted by Crippen LogP contribution is -2.21. The normalized spacial score (nSPS) is 11.5. The van der Waals surface area contributed by atoms with Crippen LogP contribution in [0.2, 0.25) is 0 Å². The highest BCUT2D eigenvalue weighted by Gasteiger charge is 2.22. The van der Waals surface area contributed by atoms with Gasteiger partial charge in [-0.05, 0) is 30.7 Å². The number of carbonyl (C=O) groups is 1. The number of rotatable bonds is 7. The zero-order valence-corrected chi connectivity index (χ0v) is 13.2.